The lowest BCUT2D eigenvalue weighted by Crippen LogP contribution is -2.44. The summed E-state index contributed by atoms with van der Waals surface area (Å²) in [4.78, 5) is 34.2. The number of carbonyl (C=O) groups is 2. The van der Waals surface area contributed by atoms with E-state index in [-0.39, 0.29) is 17.7 Å². The quantitative estimate of drug-likeness (QED) is 0.579. The summed E-state index contributed by atoms with van der Waals surface area (Å²) < 4.78 is 0. The number of aromatic nitrogens is 1. The number of carbonyl (C=O) groups excluding carboxylic acids is 2. The lowest BCUT2D eigenvalue weighted by atomic mass is 9.94. The molecule has 4 rings (SSSR count). The van der Waals surface area contributed by atoms with Crippen molar-refractivity contribution in [2.24, 2.45) is 5.92 Å². The molecule has 0 radical (unpaired) electrons. The highest BCUT2D eigenvalue weighted by Crippen LogP contribution is 2.25. The third kappa shape index (κ3) is 5.12. The molecule has 1 fully saturated rings. The number of hydrogen-bond donors (Lipinski definition) is 0. The Labute approximate surface area is 187 Å². The Bertz CT molecular complexity index is 1020. The number of halogens is 1. The molecule has 3 aromatic rings. The number of nitrogens with zero attached hydrogens (tertiary/aromatic N) is 3. The van der Waals surface area contributed by atoms with Crippen molar-refractivity contribution in [2.45, 2.75) is 19.4 Å². The Balaban J connectivity index is 1.45. The molecule has 0 aliphatic carbocycles. The van der Waals surface area contributed by atoms with E-state index < -0.39 is 0 Å². The maximum absolute atomic E-state index is 13.5. The number of pyridine rings is 1. The molecule has 0 bridgehead atoms. The molecule has 2 aromatic carbocycles. The number of rotatable bonds is 5. The lowest BCUT2D eigenvalue weighted by molar-refractivity contribution is -0.123. The van der Waals surface area contributed by atoms with Crippen LogP contribution in [0, 0.1) is 5.92 Å². The predicted molar refractivity (Wildman–Crippen MR) is 122 cm³/mol. The van der Waals surface area contributed by atoms with Gasteiger partial charge in [-0.05, 0) is 54.8 Å². The van der Waals surface area contributed by atoms with Crippen LogP contribution in [0.1, 0.15) is 28.8 Å². The van der Waals surface area contributed by atoms with Crippen LogP contribution < -0.4 is 4.90 Å². The van der Waals surface area contributed by atoms with Crippen LogP contribution in [0.15, 0.2) is 79.0 Å². The fourth-order valence-corrected chi connectivity index (χ4v) is 4.00. The summed E-state index contributed by atoms with van der Waals surface area (Å²) in [6, 6.07) is 22.4. The van der Waals surface area contributed by atoms with Gasteiger partial charge < -0.3 is 4.90 Å². The average Bonchev–Trinajstić information content (AvgIpc) is 2.83. The lowest BCUT2D eigenvalue weighted by Gasteiger charge is -2.34. The average molecular weight is 434 g/mol. The minimum absolute atomic E-state index is 0.0200. The first kappa shape index (κ1) is 21.1. The molecule has 0 spiro atoms. The zero-order chi connectivity index (χ0) is 21.6. The van der Waals surface area contributed by atoms with Gasteiger partial charge in [0.25, 0.3) is 5.91 Å². The van der Waals surface area contributed by atoms with Gasteiger partial charge in [-0.2, -0.15) is 0 Å². The number of benzene rings is 2. The van der Waals surface area contributed by atoms with E-state index in [1.54, 1.807) is 35.4 Å². The van der Waals surface area contributed by atoms with Crippen LogP contribution >= 0.6 is 11.6 Å². The molecule has 1 aliphatic heterocycles. The summed E-state index contributed by atoms with van der Waals surface area (Å²) >= 11 is 5.92. The Morgan fingerprint density at radius 2 is 1.61 bits per heavy atom. The van der Waals surface area contributed by atoms with E-state index in [1.165, 1.54) is 0 Å². The van der Waals surface area contributed by atoms with Crippen molar-refractivity contribution in [1.29, 1.82) is 0 Å². The van der Waals surface area contributed by atoms with Gasteiger partial charge in [0.2, 0.25) is 5.91 Å². The SMILES string of the molecule is O=C(c1ccc(Cl)cc1)N1CCC(C(=O)N(Cc2ccccc2)c2ccccn2)CC1. The molecular weight excluding hydrogens is 410 g/mol. The van der Waals surface area contributed by atoms with E-state index in [0.717, 1.165) is 5.56 Å². The van der Waals surface area contributed by atoms with Crippen LogP contribution in [-0.2, 0) is 11.3 Å². The molecule has 2 amide bonds. The van der Waals surface area contributed by atoms with Gasteiger partial charge in [0.05, 0.1) is 6.54 Å². The molecule has 0 unspecified atom stereocenters. The fraction of sp³-hybridized carbons (Fsp3) is 0.240. The molecule has 5 nitrogen and oxygen atoms in total. The number of anilines is 1. The van der Waals surface area contributed by atoms with Crippen molar-refractivity contribution in [2.75, 3.05) is 18.0 Å². The highest BCUT2D eigenvalue weighted by Gasteiger charge is 2.31. The van der Waals surface area contributed by atoms with Crippen LogP contribution in [0.2, 0.25) is 5.02 Å². The summed E-state index contributed by atoms with van der Waals surface area (Å²) in [5.74, 6) is 0.547. The molecule has 1 aromatic heterocycles. The van der Waals surface area contributed by atoms with Crippen LogP contribution in [0.5, 0.6) is 0 Å². The Morgan fingerprint density at radius 1 is 0.935 bits per heavy atom. The smallest absolute Gasteiger partial charge is 0.253 e. The van der Waals surface area contributed by atoms with Gasteiger partial charge in [-0.25, -0.2) is 4.98 Å². The van der Waals surface area contributed by atoms with E-state index in [9.17, 15) is 9.59 Å². The second-order valence-electron chi connectivity index (χ2n) is 7.67. The molecule has 6 heteroatoms. The zero-order valence-corrected chi connectivity index (χ0v) is 17.9. The van der Waals surface area contributed by atoms with Gasteiger partial charge in [-0.1, -0.05) is 48.0 Å². The maximum atomic E-state index is 13.5. The van der Waals surface area contributed by atoms with Gasteiger partial charge in [0.1, 0.15) is 5.82 Å². The van der Waals surface area contributed by atoms with Gasteiger partial charge in [-0.15, -0.1) is 0 Å². The molecule has 2 heterocycles. The highest BCUT2D eigenvalue weighted by atomic mass is 35.5. The standard InChI is InChI=1S/C25H24ClN3O2/c26-22-11-9-20(10-12-22)24(30)28-16-13-21(14-17-28)25(31)29(23-8-4-5-15-27-23)18-19-6-2-1-3-7-19/h1-12,15,21H,13-14,16-18H2. The van der Waals surface area contributed by atoms with E-state index in [2.05, 4.69) is 4.98 Å². The minimum Gasteiger partial charge on any atom is -0.339 e. The summed E-state index contributed by atoms with van der Waals surface area (Å²) in [6.07, 6.45) is 2.97. The Morgan fingerprint density at radius 3 is 2.26 bits per heavy atom. The van der Waals surface area contributed by atoms with Gasteiger partial charge in [0.15, 0.2) is 0 Å². The van der Waals surface area contributed by atoms with Crippen molar-refractivity contribution in [3.63, 3.8) is 0 Å². The van der Waals surface area contributed by atoms with Gasteiger partial charge >= 0.3 is 0 Å². The number of hydrogen-bond acceptors (Lipinski definition) is 3. The van der Waals surface area contributed by atoms with Crippen molar-refractivity contribution in [3.05, 3.63) is 95.1 Å². The summed E-state index contributed by atoms with van der Waals surface area (Å²) in [7, 11) is 0. The van der Waals surface area contributed by atoms with Crippen LogP contribution in [0.3, 0.4) is 0 Å². The molecule has 0 saturated carbocycles. The summed E-state index contributed by atoms with van der Waals surface area (Å²) in [6.45, 7) is 1.58. The second-order valence-corrected chi connectivity index (χ2v) is 8.11. The summed E-state index contributed by atoms with van der Waals surface area (Å²) in [5, 5.41) is 0.605. The first-order chi connectivity index (χ1) is 15.1. The molecule has 1 aliphatic rings. The van der Waals surface area contributed by atoms with Crippen molar-refractivity contribution in [1.82, 2.24) is 9.88 Å². The van der Waals surface area contributed by atoms with Crippen molar-refractivity contribution < 1.29 is 9.59 Å². The molecule has 31 heavy (non-hydrogen) atoms. The van der Waals surface area contributed by atoms with Gasteiger partial charge in [-0.3, -0.25) is 14.5 Å². The molecule has 158 valence electrons. The Kier molecular flexibility index (Phi) is 6.63. The van der Waals surface area contributed by atoms with Crippen molar-refractivity contribution in [3.8, 4) is 0 Å². The number of amides is 2. The first-order valence-corrected chi connectivity index (χ1v) is 10.8. The van der Waals surface area contributed by atoms with Crippen LogP contribution in [0.4, 0.5) is 5.82 Å². The largest absolute Gasteiger partial charge is 0.339 e. The van der Waals surface area contributed by atoms with Crippen LogP contribution in [0.25, 0.3) is 0 Å². The molecule has 0 atom stereocenters. The zero-order valence-electron chi connectivity index (χ0n) is 17.2. The third-order valence-corrected chi connectivity index (χ3v) is 5.85. The van der Waals surface area contributed by atoms with E-state index >= 15 is 0 Å². The maximum Gasteiger partial charge on any atom is 0.253 e. The summed E-state index contributed by atoms with van der Waals surface area (Å²) in [5.41, 5.74) is 1.67. The highest BCUT2D eigenvalue weighted by molar-refractivity contribution is 6.30. The monoisotopic (exact) mass is 433 g/mol. The Hall–Kier alpha value is -3.18. The fourth-order valence-electron chi connectivity index (χ4n) is 3.88. The first-order valence-electron chi connectivity index (χ1n) is 10.4. The molecule has 1 saturated heterocycles. The van der Waals surface area contributed by atoms with E-state index in [4.69, 9.17) is 11.6 Å². The van der Waals surface area contributed by atoms with Crippen LogP contribution in [-0.4, -0.2) is 34.8 Å². The van der Waals surface area contributed by atoms with Crippen molar-refractivity contribution >= 4 is 29.2 Å². The number of piperidine rings is 1. The third-order valence-electron chi connectivity index (χ3n) is 5.60. The molecule has 0 N–H and O–H groups in total. The minimum atomic E-state index is -0.139. The van der Waals surface area contributed by atoms with Gasteiger partial charge in [0, 0.05) is 35.8 Å². The topological polar surface area (TPSA) is 53.5 Å². The predicted octanol–water partition coefficient (Wildman–Crippen LogP) is 4.82. The second kappa shape index (κ2) is 9.75. The normalized spacial score (nSPS) is 14.3. The van der Waals surface area contributed by atoms with E-state index in [0.29, 0.717) is 48.9 Å². The molecular formula is C25H24ClN3O2. The van der Waals surface area contributed by atoms with E-state index in [1.807, 2.05) is 53.4 Å². The number of likely N-dealkylation sites (tertiary alicyclic amines) is 1.